The van der Waals surface area contributed by atoms with Crippen LogP contribution in [0.2, 0.25) is 0 Å². The molecule has 0 amide bonds. The topological polar surface area (TPSA) is 47.0 Å². The zero-order valence-corrected chi connectivity index (χ0v) is 10.5. The van der Waals surface area contributed by atoms with E-state index in [0.717, 1.165) is 30.1 Å². The van der Waals surface area contributed by atoms with E-state index in [2.05, 4.69) is 15.3 Å². The second-order valence-electron chi connectivity index (χ2n) is 3.96. The Labute approximate surface area is 100 Å². The van der Waals surface area contributed by atoms with E-state index in [1.165, 1.54) is 0 Å². The zero-order chi connectivity index (χ0) is 11.4. The van der Waals surface area contributed by atoms with Crippen LogP contribution in [0.1, 0.15) is 19.3 Å². The third-order valence-electron chi connectivity index (χ3n) is 2.92. The van der Waals surface area contributed by atoms with Crippen LogP contribution in [0.5, 0.6) is 0 Å². The minimum atomic E-state index is 0.402. The number of anilines is 1. The van der Waals surface area contributed by atoms with Gasteiger partial charge in [0.05, 0.1) is 6.10 Å². The smallest absolute Gasteiger partial charge is 0.130 e. The highest BCUT2D eigenvalue weighted by Gasteiger charge is 2.24. The molecule has 2 unspecified atom stereocenters. The van der Waals surface area contributed by atoms with Crippen LogP contribution >= 0.6 is 11.8 Å². The third-order valence-corrected chi connectivity index (χ3v) is 3.56. The minimum absolute atomic E-state index is 0.402. The number of methoxy groups -OCH3 is 1. The van der Waals surface area contributed by atoms with Crippen molar-refractivity contribution in [3.05, 3.63) is 12.4 Å². The van der Waals surface area contributed by atoms with Gasteiger partial charge in [0.2, 0.25) is 0 Å². The Morgan fingerprint density at radius 2 is 2.31 bits per heavy atom. The van der Waals surface area contributed by atoms with Crippen molar-refractivity contribution in [2.24, 2.45) is 0 Å². The standard InChI is InChI=1S/C11H17N3OS/c1-15-9-4-3-8(5-9)14-10-6-11(16-2)13-7-12-10/h6-9H,3-5H2,1-2H3,(H,12,13,14). The van der Waals surface area contributed by atoms with E-state index in [1.807, 2.05) is 12.3 Å². The normalized spacial score (nSPS) is 24.6. The number of hydrogen-bond donors (Lipinski definition) is 1. The average Bonchev–Trinajstić information content (AvgIpc) is 2.77. The molecule has 0 saturated heterocycles. The molecule has 1 saturated carbocycles. The van der Waals surface area contributed by atoms with E-state index >= 15 is 0 Å². The molecule has 2 rings (SSSR count). The van der Waals surface area contributed by atoms with Gasteiger partial charge in [-0.05, 0) is 25.5 Å². The number of nitrogens with one attached hydrogen (secondary N) is 1. The number of ether oxygens (including phenoxy) is 1. The van der Waals surface area contributed by atoms with Gasteiger partial charge in [-0.1, -0.05) is 0 Å². The summed E-state index contributed by atoms with van der Waals surface area (Å²) in [5.74, 6) is 0.918. The lowest BCUT2D eigenvalue weighted by atomic mass is 10.2. The van der Waals surface area contributed by atoms with Gasteiger partial charge in [-0.25, -0.2) is 9.97 Å². The van der Waals surface area contributed by atoms with Crippen molar-refractivity contribution in [3.63, 3.8) is 0 Å². The molecule has 1 N–H and O–H groups in total. The highest BCUT2D eigenvalue weighted by molar-refractivity contribution is 7.98. The van der Waals surface area contributed by atoms with E-state index in [1.54, 1.807) is 25.2 Å². The van der Waals surface area contributed by atoms with Crippen molar-refractivity contribution in [3.8, 4) is 0 Å². The van der Waals surface area contributed by atoms with Crippen molar-refractivity contribution in [1.82, 2.24) is 9.97 Å². The Hall–Kier alpha value is -0.810. The van der Waals surface area contributed by atoms with E-state index in [-0.39, 0.29) is 0 Å². The molecule has 0 bridgehead atoms. The fraction of sp³-hybridized carbons (Fsp3) is 0.636. The Bertz CT molecular complexity index is 348. The van der Waals surface area contributed by atoms with Gasteiger partial charge in [-0.2, -0.15) is 0 Å². The monoisotopic (exact) mass is 239 g/mol. The largest absolute Gasteiger partial charge is 0.381 e. The Morgan fingerprint density at radius 3 is 3.00 bits per heavy atom. The number of rotatable bonds is 4. The van der Waals surface area contributed by atoms with Gasteiger partial charge in [0, 0.05) is 19.2 Å². The molecular weight excluding hydrogens is 222 g/mol. The molecule has 0 radical (unpaired) electrons. The highest BCUT2D eigenvalue weighted by Crippen LogP contribution is 2.24. The van der Waals surface area contributed by atoms with Crippen LogP contribution in [0.15, 0.2) is 17.4 Å². The van der Waals surface area contributed by atoms with E-state index in [4.69, 9.17) is 4.74 Å². The second kappa shape index (κ2) is 5.50. The lowest BCUT2D eigenvalue weighted by molar-refractivity contribution is 0.108. The molecule has 16 heavy (non-hydrogen) atoms. The summed E-state index contributed by atoms with van der Waals surface area (Å²) in [6.07, 6.45) is 7.37. The maximum atomic E-state index is 5.35. The average molecular weight is 239 g/mol. The van der Waals surface area contributed by atoms with E-state index in [0.29, 0.717) is 12.1 Å². The van der Waals surface area contributed by atoms with Crippen molar-refractivity contribution in [2.45, 2.75) is 36.4 Å². The molecule has 0 aliphatic heterocycles. The first-order valence-electron chi connectivity index (χ1n) is 5.47. The lowest BCUT2D eigenvalue weighted by Gasteiger charge is -2.13. The van der Waals surface area contributed by atoms with Gasteiger partial charge in [-0.3, -0.25) is 0 Å². The second-order valence-corrected chi connectivity index (χ2v) is 4.78. The van der Waals surface area contributed by atoms with Gasteiger partial charge in [-0.15, -0.1) is 11.8 Å². The van der Waals surface area contributed by atoms with Gasteiger partial charge in [0.25, 0.3) is 0 Å². The Morgan fingerprint density at radius 1 is 1.44 bits per heavy atom. The van der Waals surface area contributed by atoms with Crippen molar-refractivity contribution >= 4 is 17.6 Å². The molecule has 1 aliphatic carbocycles. The summed E-state index contributed by atoms with van der Waals surface area (Å²) >= 11 is 1.63. The van der Waals surface area contributed by atoms with Gasteiger partial charge in [0.1, 0.15) is 17.2 Å². The zero-order valence-electron chi connectivity index (χ0n) is 9.64. The molecule has 2 atom stereocenters. The summed E-state index contributed by atoms with van der Waals surface area (Å²) in [5.41, 5.74) is 0. The van der Waals surface area contributed by atoms with Crippen LogP contribution in [-0.2, 0) is 4.74 Å². The SMILES string of the molecule is COC1CCC(Nc2cc(SC)ncn2)C1. The van der Waals surface area contributed by atoms with Gasteiger partial charge >= 0.3 is 0 Å². The molecule has 4 nitrogen and oxygen atoms in total. The lowest BCUT2D eigenvalue weighted by Crippen LogP contribution is -2.18. The fourth-order valence-electron chi connectivity index (χ4n) is 2.02. The number of nitrogens with zero attached hydrogens (tertiary/aromatic N) is 2. The molecule has 5 heteroatoms. The van der Waals surface area contributed by atoms with Crippen molar-refractivity contribution in [1.29, 1.82) is 0 Å². The summed E-state index contributed by atoms with van der Waals surface area (Å²) < 4.78 is 5.35. The maximum Gasteiger partial charge on any atom is 0.130 e. The van der Waals surface area contributed by atoms with Crippen LogP contribution in [-0.4, -0.2) is 35.5 Å². The van der Waals surface area contributed by atoms with Crippen LogP contribution in [0.4, 0.5) is 5.82 Å². The Balaban J connectivity index is 1.94. The third kappa shape index (κ3) is 2.86. The van der Waals surface area contributed by atoms with E-state index < -0.39 is 0 Å². The first kappa shape index (κ1) is 11.7. The summed E-state index contributed by atoms with van der Waals surface area (Å²) in [7, 11) is 1.78. The first-order valence-corrected chi connectivity index (χ1v) is 6.69. The minimum Gasteiger partial charge on any atom is -0.381 e. The first-order chi connectivity index (χ1) is 7.81. The van der Waals surface area contributed by atoms with Gasteiger partial charge < -0.3 is 10.1 Å². The Kier molecular flexibility index (Phi) is 4.01. The quantitative estimate of drug-likeness (QED) is 0.644. The maximum absolute atomic E-state index is 5.35. The van der Waals surface area contributed by atoms with Crippen LogP contribution in [0.25, 0.3) is 0 Å². The molecule has 0 aromatic carbocycles. The fourth-order valence-corrected chi connectivity index (χ4v) is 2.41. The summed E-state index contributed by atoms with van der Waals surface area (Å²) in [4.78, 5) is 8.38. The van der Waals surface area contributed by atoms with Crippen LogP contribution in [0.3, 0.4) is 0 Å². The molecule has 88 valence electrons. The summed E-state index contributed by atoms with van der Waals surface area (Å²) in [5, 5.41) is 4.43. The molecule has 0 spiro atoms. The molecule has 1 heterocycles. The predicted octanol–water partition coefficient (Wildman–Crippen LogP) is 2.18. The van der Waals surface area contributed by atoms with E-state index in [9.17, 15) is 0 Å². The van der Waals surface area contributed by atoms with Gasteiger partial charge in [0.15, 0.2) is 0 Å². The summed E-state index contributed by atoms with van der Waals surface area (Å²) in [6.45, 7) is 0. The highest BCUT2D eigenvalue weighted by atomic mass is 32.2. The number of hydrogen-bond acceptors (Lipinski definition) is 5. The van der Waals surface area contributed by atoms with Crippen molar-refractivity contribution < 1.29 is 4.74 Å². The van der Waals surface area contributed by atoms with Crippen LogP contribution in [0, 0.1) is 0 Å². The van der Waals surface area contributed by atoms with Crippen LogP contribution < -0.4 is 5.32 Å². The number of thioether (sulfide) groups is 1. The summed E-state index contributed by atoms with van der Waals surface area (Å²) in [6, 6.07) is 2.47. The molecule has 1 aromatic rings. The predicted molar refractivity (Wildman–Crippen MR) is 65.9 cm³/mol. The molecule has 1 fully saturated rings. The number of aromatic nitrogens is 2. The molecule has 1 aliphatic rings. The molecular formula is C11H17N3OS. The van der Waals surface area contributed by atoms with Crippen molar-refractivity contribution in [2.75, 3.05) is 18.7 Å². The molecule has 1 aromatic heterocycles.